The maximum absolute atomic E-state index is 10.5. The molecule has 0 unspecified atom stereocenters. The molecule has 0 heterocycles. The van der Waals surface area contributed by atoms with E-state index in [0.29, 0.717) is 16.5 Å². The number of thioether (sulfide) groups is 1. The van der Waals surface area contributed by atoms with E-state index in [1.54, 1.807) is 30.3 Å². The monoisotopic (exact) mass is 294 g/mol. The van der Waals surface area contributed by atoms with Crippen molar-refractivity contribution in [3.8, 4) is 0 Å². The second-order valence-electron chi connectivity index (χ2n) is 3.87. The number of benzene rings is 2. The third-order valence-electron chi connectivity index (χ3n) is 2.53. The maximum Gasteiger partial charge on any atom is 0.269 e. The Morgan fingerprint density at radius 1 is 1.21 bits per heavy atom. The van der Waals surface area contributed by atoms with E-state index >= 15 is 0 Å². The normalized spacial score (nSPS) is 10.4. The standard InChI is InChI=1S/C13H11ClN2O2S/c14-11-2-1-3-12(15)13(11)19-8-9-4-6-10(7-5-9)16(17)18/h1-7H,8,15H2. The lowest BCUT2D eigenvalue weighted by molar-refractivity contribution is -0.384. The third-order valence-corrected chi connectivity index (χ3v) is 4.18. The average molecular weight is 295 g/mol. The number of halogens is 1. The number of rotatable bonds is 4. The molecule has 98 valence electrons. The van der Waals surface area contributed by atoms with E-state index in [1.807, 2.05) is 0 Å². The highest BCUT2D eigenvalue weighted by atomic mass is 35.5. The summed E-state index contributed by atoms with van der Waals surface area (Å²) in [5, 5.41) is 11.2. The van der Waals surface area contributed by atoms with Gasteiger partial charge in [0.15, 0.2) is 0 Å². The van der Waals surface area contributed by atoms with Gasteiger partial charge in [-0.25, -0.2) is 0 Å². The van der Waals surface area contributed by atoms with Gasteiger partial charge in [-0.1, -0.05) is 29.8 Å². The molecular weight excluding hydrogens is 284 g/mol. The van der Waals surface area contributed by atoms with Crippen LogP contribution in [0.15, 0.2) is 47.4 Å². The first-order chi connectivity index (χ1) is 9.08. The van der Waals surface area contributed by atoms with E-state index in [4.69, 9.17) is 17.3 Å². The zero-order chi connectivity index (χ0) is 13.8. The van der Waals surface area contributed by atoms with Gasteiger partial charge in [0.25, 0.3) is 5.69 Å². The Morgan fingerprint density at radius 2 is 1.89 bits per heavy atom. The van der Waals surface area contributed by atoms with E-state index in [2.05, 4.69) is 0 Å². The number of hydrogen-bond acceptors (Lipinski definition) is 4. The molecule has 0 fully saturated rings. The topological polar surface area (TPSA) is 69.2 Å². The molecule has 2 aromatic carbocycles. The van der Waals surface area contributed by atoms with Gasteiger partial charge in [0.05, 0.1) is 9.95 Å². The highest BCUT2D eigenvalue weighted by Crippen LogP contribution is 2.34. The molecule has 2 N–H and O–H groups in total. The first-order valence-electron chi connectivity index (χ1n) is 5.48. The summed E-state index contributed by atoms with van der Waals surface area (Å²) in [6.07, 6.45) is 0. The number of nitrogen functional groups attached to an aromatic ring is 1. The number of non-ortho nitro benzene ring substituents is 1. The zero-order valence-electron chi connectivity index (χ0n) is 9.88. The van der Waals surface area contributed by atoms with Crippen LogP contribution in [0.5, 0.6) is 0 Å². The van der Waals surface area contributed by atoms with E-state index in [1.165, 1.54) is 23.9 Å². The second-order valence-corrected chi connectivity index (χ2v) is 5.26. The summed E-state index contributed by atoms with van der Waals surface area (Å²) >= 11 is 7.59. The first-order valence-corrected chi connectivity index (χ1v) is 6.84. The highest BCUT2D eigenvalue weighted by Gasteiger charge is 2.07. The lowest BCUT2D eigenvalue weighted by atomic mass is 10.2. The van der Waals surface area contributed by atoms with E-state index in [9.17, 15) is 10.1 Å². The van der Waals surface area contributed by atoms with Gasteiger partial charge < -0.3 is 5.73 Å². The smallest absolute Gasteiger partial charge is 0.269 e. The van der Waals surface area contributed by atoms with Crippen molar-refractivity contribution in [1.29, 1.82) is 0 Å². The summed E-state index contributed by atoms with van der Waals surface area (Å²) in [5.41, 5.74) is 7.56. The molecule has 0 radical (unpaired) electrons. The van der Waals surface area contributed by atoms with Gasteiger partial charge in [0.1, 0.15) is 0 Å². The Morgan fingerprint density at radius 3 is 2.47 bits per heavy atom. The van der Waals surface area contributed by atoms with E-state index in [-0.39, 0.29) is 5.69 Å². The molecule has 0 spiro atoms. The minimum atomic E-state index is -0.414. The maximum atomic E-state index is 10.5. The first kappa shape index (κ1) is 13.7. The molecule has 0 atom stereocenters. The minimum absolute atomic E-state index is 0.0889. The van der Waals surface area contributed by atoms with Gasteiger partial charge in [-0.2, -0.15) is 0 Å². The molecule has 6 heteroatoms. The van der Waals surface area contributed by atoms with Crippen LogP contribution in [-0.4, -0.2) is 4.92 Å². The summed E-state index contributed by atoms with van der Waals surface area (Å²) in [4.78, 5) is 11.0. The van der Waals surface area contributed by atoms with Crippen molar-refractivity contribution in [2.75, 3.05) is 5.73 Å². The molecule has 4 nitrogen and oxygen atoms in total. The van der Waals surface area contributed by atoms with Gasteiger partial charge in [0, 0.05) is 28.5 Å². The van der Waals surface area contributed by atoms with Crippen LogP contribution in [0.1, 0.15) is 5.56 Å². The fourth-order valence-corrected chi connectivity index (χ4v) is 2.84. The molecule has 0 bridgehead atoms. The molecule has 0 aliphatic heterocycles. The molecule has 0 saturated heterocycles. The Bertz CT molecular complexity index is 582. The minimum Gasteiger partial charge on any atom is -0.398 e. The highest BCUT2D eigenvalue weighted by molar-refractivity contribution is 7.98. The van der Waals surface area contributed by atoms with Gasteiger partial charge in [-0.15, -0.1) is 11.8 Å². The van der Waals surface area contributed by atoms with Crippen molar-refractivity contribution >= 4 is 34.7 Å². The van der Waals surface area contributed by atoms with E-state index in [0.717, 1.165) is 10.5 Å². The van der Waals surface area contributed by atoms with Crippen LogP contribution in [0.25, 0.3) is 0 Å². The predicted molar refractivity (Wildman–Crippen MR) is 78.5 cm³/mol. The Kier molecular flexibility index (Phi) is 4.29. The molecule has 0 aliphatic rings. The van der Waals surface area contributed by atoms with Crippen LogP contribution in [0, 0.1) is 10.1 Å². The summed E-state index contributed by atoms with van der Waals surface area (Å²) in [5.74, 6) is 0.659. The zero-order valence-corrected chi connectivity index (χ0v) is 11.4. The summed E-state index contributed by atoms with van der Waals surface area (Å²) in [6, 6.07) is 11.8. The molecular formula is C13H11ClN2O2S. The fraction of sp³-hybridized carbons (Fsp3) is 0.0769. The van der Waals surface area contributed by atoms with Crippen LogP contribution in [0.3, 0.4) is 0 Å². The van der Waals surface area contributed by atoms with Crippen molar-refractivity contribution in [2.45, 2.75) is 10.6 Å². The van der Waals surface area contributed by atoms with Crippen LogP contribution < -0.4 is 5.73 Å². The average Bonchev–Trinajstić information content (AvgIpc) is 2.38. The van der Waals surface area contributed by atoms with Crippen molar-refractivity contribution < 1.29 is 4.92 Å². The molecule has 2 rings (SSSR count). The molecule has 19 heavy (non-hydrogen) atoms. The second kappa shape index (κ2) is 5.95. The van der Waals surface area contributed by atoms with Crippen molar-refractivity contribution in [2.24, 2.45) is 0 Å². The molecule has 0 aliphatic carbocycles. The lowest BCUT2D eigenvalue weighted by Crippen LogP contribution is -1.90. The van der Waals surface area contributed by atoms with Crippen molar-refractivity contribution in [3.05, 3.63) is 63.2 Å². The summed E-state index contributed by atoms with van der Waals surface area (Å²) < 4.78 is 0. The van der Waals surface area contributed by atoms with Gasteiger partial charge in [-0.3, -0.25) is 10.1 Å². The SMILES string of the molecule is Nc1cccc(Cl)c1SCc1ccc([N+](=O)[O-])cc1. The number of nitro groups is 1. The molecule has 0 amide bonds. The molecule has 0 aromatic heterocycles. The predicted octanol–water partition coefficient (Wildman–Crippen LogP) is 4.12. The van der Waals surface area contributed by atoms with Gasteiger partial charge in [0.2, 0.25) is 0 Å². The summed E-state index contributed by atoms with van der Waals surface area (Å²) in [7, 11) is 0. The van der Waals surface area contributed by atoms with Crippen LogP contribution in [-0.2, 0) is 5.75 Å². The largest absolute Gasteiger partial charge is 0.398 e. The fourth-order valence-electron chi connectivity index (χ4n) is 1.55. The van der Waals surface area contributed by atoms with Crippen molar-refractivity contribution in [3.63, 3.8) is 0 Å². The Labute approximate surface area is 119 Å². The number of nitrogens with two attached hydrogens (primary N) is 1. The Hall–Kier alpha value is -1.72. The van der Waals surface area contributed by atoms with Crippen LogP contribution >= 0.6 is 23.4 Å². The summed E-state index contributed by atoms with van der Waals surface area (Å²) in [6.45, 7) is 0. The quantitative estimate of drug-likeness (QED) is 0.398. The van der Waals surface area contributed by atoms with Gasteiger partial charge in [-0.05, 0) is 17.7 Å². The number of hydrogen-bond donors (Lipinski definition) is 1. The Balaban J connectivity index is 2.08. The van der Waals surface area contributed by atoms with Crippen LogP contribution in [0.2, 0.25) is 5.02 Å². The van der Waals surface area contributed by atoms with E-state index < -0.39 is 4.92 Å². The van der Waals surface area contributed by atoms with Gasteiger partial charge >= 0.3 is 0 Å². The lowest BCUT2D eigenvalue weighted by Gasteiger charge is -2.07. The number of nitrogens with zero attached hydrogens (tertiary/aromatic N) is 1. The molecule has 2 aromatic rings. The third kappa shape index (κ3) is 3.39. The molecule has 0 saturated carbocycles. The number of nitro benzene ring substituents is 1. The number of anilines is 1. The van der Waals surface area contributed by atoms with Crippen LogP contribution in [0.4, 0.5) is 11.4 Å². The van der Waals surface area contributed by atoms with Crippen molar-refractivity contribution in [1.82, 2.24) is 0 Å².